The summed E-state index contributed by atoms with van der Waals surface area (Å²) in [6.07, 6.45) is -2.16. The van der Waals surface area contributed by atoms with Crippen molar-refractivity contribution in [2.24, 2.45) is 0 Å². The second-order valence-electron chi connectivity index (χ2n) is 7.10. The van der Waals surface area contributed by atoms with E-state index in [2.05, 4.69) is 14.8 Å². The van der Waals surface area contributed by atoms with Crippen LogP contribution in [-0.4, -0.2) is 24.7 Å². The highest BCUT2D eigenvalue weighted by Crippen LogP contribution is 2.45. The van der Waals surface area contributed by atoms with Gasteiger partial charge in [0.1, 0.15) is 0 Å². The summed E-state index contributed by atoms with van der Waals surface area (Å²) in [6, 6.07) is 10.1. The molecule has 0 bridgehead atoms. The van der Waals surface area contributed by atoms with Crippen molar-refractivity contribution in [2.75, 3.05) is 16.8 Å². The molecule has 2 aromatic carbocycles. The van der Waals surface area contributed by atoms with Crippen molar-refractivity contribution in [2.45, 2.75) is 31.5 Å². The van der Waals surface area contributed by atoms with Crippen LogP contribution in [0.1, 0.15) is 36.3 Å². The van der Waals surface area contributed by atoms with Crippen molar-refractivity contribution in [1.29, 1.82) is 0 Å². The predicted molar refractivity (Wildman–Crippen MR) is 95.8 cm³/mol. The van der Waals surface area contributed by atoms with Crippen LogP contribution in [0, 0.1) is 0 Å². The number of carbonyl (C=O) groups excluding carboxylic acids is 2. The van der Waals surface area contributed by atoms with Crippen LogP contribution in [0.2, 0.25) is 0 Å². The molecule has 3 aliphatic rings. The fraction of sp³-hybridized carbons (Fsp3) is 0.300. The van der Waals surface area contributed by atoms with Crippen LogP contribution in [0.5, 0.6) is 11.5 Å². The first kappa shape index (κ1) is 17.0. The van der Waals surface area contributed by atoms with E-state index in [1.165, 1.54) is 12.1 Å². The number of amides is 2. The van der Waals surface area contributed by atoms with Crippen molar-refractivity contribution in [1.82, 2.24) is 0 Å². The smallest absolute Gasteiger partial charge is 0.395 e. The quantitative estimate of drug-likeness (QED) is 0.856. The highest BCUT2D eigenvalue weighted by atomic mass is 19.3. The van der Waals surface area contributed by atoms with Gasteiger partial charge in [-0.3, -0.25) is 9.59 Å². The average molecular weight is 386 g/mol. The molecular weight excluding hydrogens is 370 g/mol. The van der Waals surface area contributed by atoms with E-state index >= 15 is 0 Å². The van der Waals surface area contributed by atoms with Gasteiger partial charge in [-0.1, -0.05) is 12.1 Å². The van der Waals surface area contributed by atoms with E-state index in [9.17, 15) is 18.4 Å². The van der Waals surface area contributed by atoms with Gasteiger partial charge in [0, 0.05) is 36.7 Å². The number of benzene rings is 2. The number of rotatable bonds is 2. The highest BCUT2D eigenvalue weighted by molar-refractivity contribution is 5.99. The Labute approximate surface area is 159 Å². The summed E-state index contributed by atoms with van der Waals surface area (Å²) >= 11 is 0. The Bertz CT molecular complexity index is 1010. The molecule has 0 saturated carbocycles. The van der Waals surface area contributed by atoms with Crippen molar-refractivity contribution in [3.05, 3.63) is 47.5 Å². The predicted octanol–water partition coefficient (Wildman–Crippen LogP) is 3.61. The third-order valence-electron chi connectivity index (χ3n) is 5.29. The molecule has 1 fully saturated rings. The van der Waals surface area contributed by atoms with Crippen LogP contribution in [0.3, 0.4) is 0 Å². The summed E-state index contributed by atoms with van der Waals surface area (Å²) in [7, 11) is 0. The zero-order valence-corrected chi connectivity index (χ0v) is 14.7. The highest BCUT2D eigenvalue weighted by Gasteiger charge is 2.43. The van der Waals surface area contributed by atoms with Crippen molar-refractivity contribution in [3.63, 3.8) is 0 Å². The zero-order chi connectivity index (χ0) is 19.5. The van der Waals surface area contributed by atoms with E-state index in [1.807, 2.05) is 12.1 Å². The standard InChI is InChI=1S/C20H16F2N2O4/c21-20(22)27-16-6-3-11(8-17(16)28-20)14-10-18(25)23-15-9-12(4-5-13(14)15)24-7-1-2-19(24)26/h3-6,8-9,14H,1-2,7,10H2,(H,23,25). The van der Waals surface area contributed by atoms with E-state index in [4.69, 9.17) is 0 Å². The summed E-state index contributed by atoms with van der Waals surface area (Å²) in [5.74, 6) is -0.498. The van der Waals surface area contributed by atoms with E-state index in [0.29, 0.717) is 24.2 Å². The van der Waals surface area contributed by atoms with Crippen LogP contribution in [0.15, 0.2) is 36.4 Å². The molecule has 0 radical (unpaired) electrons. The third-order valence-corrected chi connectivity index (χ3v) is 5.29. The molecule has 1 N–H and O–H groups in total. The molecule has 0 spiro atoms. The molecule has 6 nitrogen and oxygen atoms in total. The normalized spacial score (nSPS) is 22.2. The average Bonchev–Trinajstić information content (AvgIpc) is 3.20. The number of ether oxygens (including phenoxy) is 2. The van der Waals surface area contributed by atoms with E-state index < -0.39 is 6.29 Å². The van der Waals surface area contributed by atoms with Crippen LogP contribution in [-0.2, 0) is 9.59 Å². The lowest BCUT2D eigenvalue weighted by atomic mass is 9.84. The summed E-state index contributed by atoms with van der Waals surface area (Å²) in [4.78, 5) is 26.0. The molecule has 1 atom stereocenters. The Hall–Kier alpha value is -3.16. The summed E-state index contributed by atoms with van der Waals surface area (Å²) in [5.41, 5.74) is 2.91. The molecule has 1 saturated heterocycles. The van der Waals surface area contributed by atoms with Gasteiger partial charge in [-0.2, -0.15) is 0 Å². The van der Waals surface area contributed by atoms with Gasteiger partial charge in [0.15, 0.2) is 11.5 Å². The Morgan fingerprint density at radius 2 is 1.89 bits per heavy atom. The molecule has 3 heterocycles. The Morgan fingerprint density at radius 1 is 1.07 bits per heavy atom. The second-order valence-corrected chi connectivity index (χ2v) is 7.10. The largest absolute Gasteiger partial charge is 0.586 e. The maximum Gasteiger partial charge on any atom is 0.586 e. The number of hydrogen-bond donors (Lipinski definition) is 1. The van der Waals surface area contributed by atoms with Gasteiger partial charge in [0.25, 0.3) is 0 Å². The maximum absolute atomic E-state index is 13.3. The molecule has 2 amide bonds. The van der Waals surface area contributed by atoms with Crippen molar-refractivity contribution >= 4 is 23.2 Å². The molecule has 0 aliphatic carbocycles. The number of alkyl halides is 2. The molecule has 2 aromatic rings. The number of fused-ring (bicyclic) bond motifs is 2. The molecular formula is C20H16F2N2O4. The molecule has 5 rings (SSSR count). The number of nitrogens with one attached hydrogen (secondary N) is 1. The topological polar surface area (TPSA) is 67.9 Å². The van der Waals surface area contributed by atoms with Gasteiger partial charge >= 0.3 is 6.29 Å². The van der Waals surface area contributed by atoms with E-state index in [0.717, 1.165) is 17.7 Å². The van der Waals surface area contributed by atoms with Gasteiger partial charge < -0.3 is 19.7 Å². The minimum Gasteiger partial charge on any atom is -0.395 e. The Morgan fingerprint density at radius 3 is 2.68 bits per heavy atom. The first-order chi connectivity index (χ1) is 13.4. The molecule has 28 heavy (non-hydrogen) atoms. The fourth-order valence-electron chi connectivity index (χ4n) is 4.02. The van der Waals surface area contributed by atoms with E-state index in [-0.39, 0.29) is 35.7 Å². The molecule has 8 heteroatoms. The lowest BCUT2D eigenvalue weighted by Gasteiger charge is -2.28. The summed E-state index contributed by atoms with van der Waals surface area (Å²) in [5, 5.41) is 2.85. The third kappa shape index (κ3) is 2.76. The summed E-state index contributed by atoms with van der Waals surface area (Å²) < 4.78 is 35.6. The number of halogens is 2. The van der Waals surface area contributed by atoms with Crippen LogP contribution < -0.4 is 19.7 Å². The summed E-state index contributed by atoms with van der Waals surface area (Å²) in [6.45, 7) is 0.658. The molecule has 1 unspecified atom stereocenters. The van der Waals surface area contributed by atoms with Crippen molar-refractivity contribution in [3.8, 4) is 11.5 Å². The number of carbonyl (C=O) groups is 2. The monoisotopic (exact) mass is 386 g/mol. The van der Waals surface area contributed by atoms with Gasteiger partial charge in [0.2, 0.25) is 11.8 Å². The molecule has 3 aliphatic heterocycles. The minimum atomic E-state index is -3.68. The zero-order valence-electron chi connectivity index (χ0n) is 14.7. The first-order valence-electron chi connectivity index (χ1n) is 9.03. The van der Waals surface area contributed by atoms with E-state index in [1.54, 1.807) is 17.0 Å². The molecule has 0 aromatic heterocycles. The Balaban J connectivity index is 1.51. The lowest BCUT2D eigenvalue weighted by Crippen LogP contribution is -2.26. The van der Waals surface area contributed by atoms with Crippen LogP contribution in [0.4, 0.5) is 20.2 Å². The van der Waals surface area contributed by atoms with Gasteiger partial charge in [-0.15, -0.1) is 8.78 Å². The fourth-order valence-corrected chi connectivity index (χ4v) is 4.02. The van der Waals surface area contributed by atoms with Crippen LogP contribution in [0.25, 0.3) is 0 Å². The van der Waals surface area contributed by atoms with Gasteiger partial charge in [0.05, 0.1) is 0 Å². The SMILES string of the molecule is O=C1CC(c2ccc3c(c2)OC(F)(F)O3)c2ccc(N3CCCC3=O)cc2N1. The number of hydrogen-bond acceptors (Lipinski definition) is 4. The minimum absolute atomic E-state index is 0.0304. The second kappa shape index (κ2) is 5.92. The lowest BCUT2D eigenvalue weighted by molar-refractivity contribution is -0.286. The molecule has 144 valence electrons. The number of nitrogens with zero attached hydrogens (tertiary/aromatic N) is 1. The van der Waals surface area contributed by atoms with Gasteiger partial charge in [-0.05, 0) is 41.8 Å². The maximum atomic E-state index is 13.3. The van der Waals surface area contributed by atoms with Crippen molar-refractivity contribution < 1.29 is 27.8 Å². The Kier molecular flexibility index (Phi) is 3.59. The number of anilines is 2. The van der Waals surface area contributed by atoms with Crippen LogP contribution >= 0.6 is 0 Å². The first-order valence-corrected chi connectivity index (χ1v) is 9.03. The van der Waals surface area contributed by atoms with Gasteiger partial charge in [-0.25, -0.2) is 0 Å².